The smallest absolute Gasteiger partial charge is 0.238 e. The van der Waals surface area contributed by atoms with Crippen LogP contribution in [0.25, 0.3) is 5.82 Å². The van der Waals surface area contributed by atoms with Gasteiger partial charge in [-0.15, -0.1) is 10.2 Å². The third-order valence-corrected chi connectivity index (χ3v) is 5.90. The van der Waals surface area contributed by atoms with Gasteiger partial charge in [-0.25, -0.2) is 13.1 Å². The van der Waals surface area contributed by atoms with Crippen molar-refractivity contribution in [2.75, 3.05) is 4.72 Å². The molecule has 0 amide bonds. The van der Waals surface area contributed by atoms with Crippen molar-refractivity contribution in [3.8, 4) is 17.4 Å². The van der Waals surface area contributed by atoms with Crippen molar-refractivity contribution >= 4 is 15.7 Å². The summed E-state index contributed by atoms with van der Waals surface area (Å²) < 4.78 is 34.9. The predicted octanol–water partition coefficient (Wildman–Crippen LogP) is 4.32. The summed E-state index contributed by atoms with van der Waals surface area (Å²) in [6.07, 6.45) is 0. The summed E-state index contributed by atoms with van der Waals surface area (Å²) in [5, 5.41) is 12.6. The maximum atomic E-state index is 12.5. The fourth-order valence-electron chi connectivity index (χ4n) is 3.29. The Kier molecular flexibility index (Phi) is 5.91. The Morgan fingerprint density at radius 3 is 2.34 bits per heavy atom. The Balaban J connectivity index is 1.40. The van der Waals surface area contributed by atoms with E-state index >= 15 is 0 Å². The normalized spacial score (nSPS) is 11.3. The van der Waals surface area contributed by atoms with E-state index in [4.69, 9.17) is 4.74 Å². The molecule has 8 nitrogen and oxygen atoms in total. The molecule has 9 heteroatoms. The lowest BCUT2D eigenvalue weighted by atomic mass is 10.2. The average Bonchev–Trinajstić information content (AvgIpc) is 3.07. The van der Waals surface area contributed by atoms with Crippen LogP contribution in [0.3, 0.4) is 0 Å². The topological polar surface area (TPSA) is 99.0 Å². The van der Waals surface area contributed by atoms with Gasteiger partial charge in [0, 0.05) is 17.4 Å². The number of anilines is 1. The highest BCUT2D eigenvalue weighted by molar-refractivity contribution is 7.91. The molecular weight excluding hydrogens is 426 g/mol. The highest BCUT2D eigenvalue weighted by Crippen LogP contribution is 2.23. The van der Waals surface area contributed by atoms with Crippen LogP contribution < -0.4 is 9.46 Å². The van der Waals surface area contributed by atoms with Crippen molar-refractivity contribution in [2.45, 2.75) is 26.5 Å². The molecule has 164 valence electrons. The Morgan fingerprint density at radius 2 is 1.72 bits per heavy atom. The maximum Gasteiger partial charge on any atom is 0.238 e. The van der Waals surface area contributed by atoms with E-state index in [0.29, 0.717) is 23.1 Å². The number of aromatic nitrogens is 4. The summed E-state index contributed by atoms with van der Waals surface area (Å²) in [4.78, 5) is 0. The number of sulfonamides is 1. The minimum Gasteiger partial charge on any atom is -0.438 e. The molecule has 2 aromatic heterocycles. The number of hydrogen-bond acceptors (Lipinski definition) is 6. The van der Waals surface area contributed by atoms with E-state index in [1.807, 2.05) is 45.0 Å². The van der Waals surface area contributed by atoms with Crippen LogP contribution in [0.5, 0.6) is 11.6 Å². The van der Waals surface area contributed by atoms with E-state index in [2.05, 4.69) is 20.0 Å². The summed E-state index contributed by atoms with van der Waals surface area (Å²) in [5.74, 6) is 1.34. The second-order valence-corrected chi connectivity index (χ2v) is 9.27. The molecule has 0 bridgehead atoms. The number of rotatable bonds is 7. The molecule has 0 aliphatic heterocycles. The van der Waals surface area contributed by atoms with Crippen LogP contribution in [-0.2, 0) is 15.8 Å². The first kappa shape index (κ1) is 21.5. The van der Waals surface area contributed by atoms with Gasteiger partial charge in [0.15, 0.2) is 5.82 Å². The van der Waals surface area contributed by atoms with Crippen LogP contribution in [0.1, 0.15) is 22.5 Å². The van der Waals surface area contributed by atoms with E-state index in [0.717, 1.165) is 22.5 Å². The SMILES string of the molecule is Cc1cccc(CS(=O)(=O)Nc2ccc(Oc3ccc(-n4nc(C)cc4C)nn3)cc2)c1. The molecule has 32 heavy (non-hydrogen) atoms. The molecule has 0 fully saturated rings. The molecule has 2 aromatic carbocycles. The molecule has 4 aromatic rings. The van der Waals surface area contributed by atoms with Crippen molar-refractivity contribution in [1.82, 2.24) is 20.0 Å². The van der Waals surface area contributed by atoms with Gasteiger partial charge in [0.25, 0.3) is 0 Å². The third kappa shape index (κ3) is 5.30. The van der Waals surface area contributed by atoms with Gasteiger partial charge >= 0.3 is 0 Å². The fourth-order valence-corrected chi connectivity index (χ4v) is 4.48. The number of ether oxygens (including phenoxy) is 1. The minimum absolute atomic E-state index is 0.0931. The molecular formula is C23H23N5O3S. The first-order valence-electron chi connectivity index (χ1n) is 9.99. The highest BCUT2D eigenvalue weighted by atomic mass is 32.2. The largest absolute Gasteiger partial charge is 0.438 e. The lowest BCUT2D eigenvalue weighted by molar-refractivity contribution is 0.454. The van der Waals surface area contributed by atoms with Crippen LogP contribution in [-0.4, -0.2) is 28.4 Å². The van der Waals surface area contributed by atoms with Crippen molar-refractivity contribution in [3.63, 3.8) is 0 Å². The fraction of sp³-hybridized carbons (Fsp3) is 0.174. The summed E-state index contributed by atoms with van der Waals surface area (Å²) in [6, 6.07) is 19.5. The number of nitrogens with zero attached hydrogens (tertiary/aromatic N) is 4. The molecule has 0 atom stereocenters. The Labute approximate surface area is 187 Å². The van der Waals surface area contributed by atoms with Gasteiger partial charge in [-0.2, -0.15) is 5.10 Å². The zero-order valence-electron chi connectivity index (χ0n) is 18.0. The molecule has 4 rings (SSSR count). The summed E-state index contributed by atoms with van der Waals surface area (Å²) >= 11 is 0. The number of benzene rings is 2. The average molecular weight is 450 g/mol. The maximum absolute atomic E-state index is 12.5. The molecule has 0 unspecified atom stereocenters. The van der Waals surface area contributed by atoms with Crippen LogP contribution in [0, 0.1) is 20.8 Å². The molecule has 0 saturated carbocycles. The van der Waals surface area contributed by atoms with Crippen molar-refractivity contribution in [1.29, 1.82) is 0 Å². The number of aryl methyl sites for hydroxylation is 3. The molecule has 0 saturated heterocycles. The summed E-state index contributed by atoms with van der Waals surface area (Å²) in [6.45, 7) is 5.79. The van der Waals surface area contributed by atoms with Gasteiger partial charge in [-0.05, 0) is 62.7 Å². The van der Waals surface area contributed by atoms with E-state index < -0.39 is 10.0 Å². The van der Waals surface area contributed by atoms with Crippen LogP contribution >= 0.6 is 0 Å². The van der Waals surface area contributed by atoms with Gasteiger partial charge < -0.3 is 4.74 Å². The van der Waals surface area contributed by atoms with Gasteiger partial charge in [0.1, 0.15) is 5.75 Å². The number of nitrogens with one attached hydrogen (secondary N) is 1. The van der Waals surface area contributed by atoms with Crippen molar-refractivity contribution in [2.24, 2.45) is 0 Å². The second-order valence-electron chi connectivity index (χ2n) is 7.55. The van der Waals surface area contributed by atoms with Crippen LogP contribution in [0.4, 0.5) is 5.69 Å². The summed E-state index contributed by atoms with van der Waals surface area (Å²) in [5.41, 5.74) is 4.08. The molecule has 0 radical (unpaired) electrons. The first-order valence-corrected chi connectivity index (χ1v) is 11.6. The monoisotopic (exact) mass is 449 g/mol. The first-order chi connectivity index (χ1) is 15.3. The van der Waals surface area contributed by atoms with Gasteiger partial charge in [-0.1, -0.05) is 29.8 Å². The molecule has 0 spiro atoms. The second kappa shape index (κ2) is 8.80. The quantitative estimate of drug-likeness (QED) is 0.451. The minimum atomic E-state index is -3.53. The third-order valence-electron chi connectivity index (χ3n) is 4.64. The molecule has 2 heterocycles. The number of hydrogen-bond donors (Lipinski definition) is 1. The van der Waals surface area contributed by atoms with Crippen LogP contribution in [0.15, 0.2) is 66.7 Å². The zero-order valence-corrected chi connectivity index (χ0v) is 18.8. The van der Waals surface area contributed by atoms with E-state index in [1.165, 1.54) is 0 Å². The van der Waals surface area contributed by atoms with E-state index in [-0.39, 0.29) is 5.75 Å². The Hall–Kier alpha value is -3.72. The molecule has 0 aliphatic carbocycles. The van der Waals surface area contributed by atoms with Crippen molar-refractivity contribution < 1.29 is 13.2 Å². The van der Waals surface area contributed by atoms with Crippen molar-refractivity contribution in [3.05, 3.63) is 89.2 Å². The van der Waals surface area contributed by atoms with E-state index in [1.54, 1.807) is 47.1 Å². The van der Waals surface area contributed by atoms with Gasteiger partial charge in [0.05, 0.1) is 11.4 Å². The zero-order chi connectivity index (χ0) is 22.7. The van der Waals surface area contributed by atoms with E-state index in [9.17, 15) is 8.42 Å². The Bertz CT molecular complexity index is 1330. The standard InChI is InChI=1S/C23H23N5O3S/c1-16-5-4-6-19(13-16)15-32(29,30)27-20-7-9-21(10-8-20)31-23-12-11-22(24-25-23)28-18(3)14-17(2)26-28/h4-14,27H,15H2,1-3H3. The van der Waals surface area contributed by atoms with Gasteiger partial charge in [-0.3, -0.25) is 4.72 Å². The lowest BCUT2D eigenvalue weighted by Crippen LogP contribution is -2.15. The molecule has 0 aliphatic rings. The molecule has 1 N–H and O–H groups in total. The Morgan fingerprint density at radius 1 is 0.938 bits per heavy atom. The van der Waals surface area contributed by atoms with Crippen LogP contribution in [0.2, 0.25) is 0 Å². The predicted molar refractivity (Wildman–Crippen MR) is 123 cm³/mol. The summed E-state index contributed by atoms with van der Waals surface area (Å²) in [7, 11) is -3.53. The lowest BCUT2D eigenvalue weighted by Gasteiger charge is -2.10. The highest BCUT2D eigenvalue weighted by Gasteiger charge is 2.12. The van der Waals surface area contributed by atoms with Gasteiger partial charge in [0.2, 0.25) is 15.9 Å².